The molecule has 0 bridgehead atoms. The maximum atomic E-state index is 11.9. The average molecular weight is 339 g/mol. The van der Waals surface area contributed by atoms with Gasteiger partial charge in [-0.25, -0.2) is 0 Å². The Balaban J connectivity index is 1.74. The SMILES string of the molecule is CCCOc1ccc(/C=C/C(=O)NCCc2ccc(OC)cc2)cc1. The van der Waals surface area contributed by atoms with Crippen LogP contribution in [0.2, 0.25) is 0 Å². The molecule has 1 N–H and O–H groups in total. The van der Waals surface area contributed by atoms with Crippen LogP contribution in [0.1, 0.15) is 24.5 Å². The minimum absolute atomic E-state index is 0.0974. The van der Waals surface area contributed by atoms with Crippen LogP contribution < -0.4 is 14.8 Å². The summed E-state index contributed by atoms with van der Waals surface area (Å²) in [5, 5.41) is 2.89. The van der Waals surface area contributed by atoms with Gasteiger partial charge in [0.15, 0.2) is 0 Å². The highest BCUT2D eigenvalue weighted by Gasteiger charge is 1.98. The molecule has 132 valence electrons. The summed E-state index contributed by atoms with van der Waals surface area (Å²) in [6, 6.07) is 15.5. The molecule has 0 fully saturated rings. The Morgan fingerprint density at radius 1 is 1.04 bits per heavy atom. The maximum absolute atomic E-state index is 11.9. The maximum Gasteiger partial charge on any atom is 0.244 e. The topological polar surface area (TPSA) is 47.6 Å². The number of ether oxygens (including phenoxy) is 2. The lowest BCUT2D eigenvalue weighted by molar-refractivity contribution is -0.116. The largest absolute Gasteiger partial charge is 0.497 e. The number of amides is 1. The van der Waals surface area contributed by atoms with Crippen LogP contribution in [0.4, 0.5) is 0 Å². The summed E-state index contributed by atoms with van der Waals surface area (Å²) in [5.74, 6) is 1.59. The number of rotatable bonds is 9. The standard InChI is InChI=1S/C21H25NO3/c1-3-16-25-20-11-6-17(7-12-20)8-13-21(23)22-15-14-18-4-9-19(24-2)10-5-18/h4-13H,3,14-16H2,1-2H3,(H,22,23)/b13-8+. The molecule has 25 heavy (non-hydrogen) atoms. The summed E-state index contributed by atoms with van der Waals surface area (Å²) >= 11 is 0. The first-order chi connectivity index (χ1) is 12.2. The first-order valence-corrected chi connectivity index (χ1v) is 8.53. The Bertz CT molecular complexity index is 675. The third-order valence-corrected chi connectivity index (χ3v) is 3.65. The van der Waals surface area contributed by atoms with E-state index < -0.39 is 0 Å². The van der Waals surface area contributed by atoms with Gasteiger partial charge in [0.05, 0.1) is 13.7 Å². The van der Waals surface area contributed by atoms with Gasteiger partial charge in [0.1, 0.15) is 11.5 Å². The Kier molecular flexibility index (Phi) is 7.57. The fourth-order valence-corrected chi connectivity index (χ4v) is 2.25. The van der Waals surface area contributed by atoms with Crippen LogP contribution in [0.15, 0.2) is 54.6 Å². The lowest BCUT2D eigenvalue weighted by Crippen LogP contribution is -2.23. The molecule has 0 saturated carbocycles. The van der Waals surface area contributed by atoms with E-state index in [2.05, 4.69) is 12.2 Å². The first kappa shape index (κ1) is 18.6. The number of hydrogen-bond donors (Lipinski definition) is 1. The van der Waals surface area contributed by atoms with Gasteiger partial charge in [0, 0.05) is 12.6 Å². The second-order valence-electron chi connectivity index (χ2n) is 5.64. The van der Waals surface area contributed by atoms with E-state index in [4.69, 9.17) is 9.47 Å². The Labute approximate surface area is 149 Å². The molecule has 0 aromatic heterocycles. The zero-order valence-electron chi connectivity index (χ0n) is 14.8. The number of carbonyl (C=O) groups excluding carboxylic acids is 1. The number of carbonyl (C=O) groups is 1. The monoisotopic (exact) mass is 339 g/mol. The van der Waals surface area contributed by atoms with Crippen LogP contribution in [0.5, 0.6) is 11.5 Å². The predicted octanol–water partition coefficient (Wildman–Crippen LogP) is 3.86. The van der Waals surface area contributed by atoms with E-state index >= 15 is 0 Å². The lowest BCUT2D eigenvalue weighted by atomic mass is 10.1. The molecule has 2 aromatic rings. The molecule has 0 spiro atoms. The summed E-state index contributed by atoms with van der Waals surface area (Å²) in [7, 11) is 1.65. The van der Waals surface area contributed by atoms with Gasteiger partial charge < -0.3 is 14.8 Å². The minimum atomic E-state index is -0.0974. The highest BCUT2D eigenvalue weighted by Crippen LogP contribution is 2.13. The molecule has 0 aliphatic heterocycles. The Hall–Kier alpha value is -2.75. The second kappa shape index (κ2) is 10.2. The van der Waals surface area contributed by atoms with E-state index in [1.54, 1.807) is 19.3 Å². The van der Waals surface area contributed by atoms with Crippen molar-refractivity contribution in [2.45, 2.75) is 19.8 Å². The normalized spacial score (nSPS) is 10.6. The molecule has 2 rings (SSSR count). The van der Waals surface area contributed by atoms with Crippen molar-refractivity contribution in [2.24, 2.45) is 0 Å². The highest BCUT2D eigenvalue weighted by molar-refractivity contribution is 5.91. The molecule has 4 heteroatoms. The second-order valence-corrected chi connectivity index (χ2v) is 5.64. The zero-order chi connectivity index (χ0) is 17.9. The lowest BCUT2D eigenvalue weighted by Gasteiger charge is -2.05. The number of hydrogen-bond acceptors (Lipinski definition) is 3. The number of benzene rings is 2. The van der Waals surface area contributed by atoms with Crippen molar-refractivity contribution < 1.29 is 14.3 Å². The van der Waals surface area contributed by atoms with Crippen molar-refractivity contribution >= 4 is 12.0 Å². The molecule has 0 aliphatic carbocycles. The van der Waals surface area contributed by atoms with Crippen molar-refractivity contribution in [1.82, 2.24) is 5.32 Å². The first-order valence-electron chi connectivity index (χ1n) is 8.53. The van der Waals surface area contributed by atoms with Crippen LogP contribution in [0, 0.1) is 0 Å². The van der Waals surface area contributed by atoms with Crippen molar-refractivity contribution in [1.29, 1.82) is 0 Å². The molecule has 0 atom stereocenters. The molecule has 0 unspecified atom stereocenters. The minimum Gasteiger partial charge on any atom is -0.497 e. The van der Waals surface area contributed by atoms with Crippen molar-refractivity contribution in [3.05, 3.63) is 65.7 Å². The molecule has 4 nitrogen and oxygen atoms in total. The van der Waals surface area contributed by atoms with E-state index in [0.717, 1.165) is 35.5 Å². The van der Waals surface area contributed by atoms with Gasteiger partial charge in [0.2, 0.25) is 5.91 Å². The van der Waals surface area contributed by atoms with Crippen molar-refractivity contribution in [2.75, 3.05) is 20.3 Å². The highest BCUT2D eigenvalue weighted by atomic mass is 16.5. The summed E-state index contributed by atoms with van der Waals surface area (Å²) in [4.78, 5) is 11.9. The quantitative estimate of drug-likeness (QED) is 0.706. The number of nitrogens with one attached hydrogen (secondary N) is 1. The fraction of sp³-hybridized carbons (Fsp3) is 0.286. The number of methoxy groups -OCH3 is 1. The summed E-state index contributed by atoms with van der Waals surface area (Å²) < 4.78 is 10.7. The van der Waals surface area contributed by atoms with Crippen LogP contribution in [0.25, 0.3) is 6.08 Å². The molecule has 0 saturated heterocycles. The summed E-state index contributed by atoms with van der Waals surface area (Å²) in [5.41, 5.74) is 2.13. The Morgan fingerprint density at radius 2 is 1.72 bits per heavy atom. The average Bonchev–Trinajstić information content (AvgIpc) is 2.66. The Morgan fingerprint density at radius 3 is 2.36 bits per heavy atom. The van der Waals surface area contributed by atoms with Gasteiger partial charge in [0.25, 0.3) is 0 Å². The van der Waals surface area contributed by atoms with Gasteiger partial charge in [-0.05, 0) is 54.3 Å². The van der Waals surface area contributed by atoms with E-state index in [1.165, 1.54) is 0 Å². The smallest absolute Gasteiger partial charge is 0.244 e. The third-order valence-electron chi connectivity index (χ3n) is 3.65. The van der Waals surface area contributed by atoms with Gasteiger partial charge >= 0.3 is 0 Å². The molecular weight excluding hydrogens is 314 g/mol. The zero-order valence-corrected chi connectivity index (χ0v) is 14.8. The van der Waals surface area contributed by atoms with Crippen LogP contribution >= 0.6 is 0 Å². The van der Waals surface area contributed by atoms with Gasteiger partial charge in [-0.2, -0.15) is 0 Å². The van der Waals surface area contributed by atoms with Crippen LogP contribution in [0.3, 0.4) is 0 Å². The summed E-state index contributed by atoms with van der Waals surface area (Å²) in [6.45, 7) is 3.38. The third kappa shape index (κ3) is 6.71. The van der Waals surface area contributed by atoms with Crippen molar-refractivity contribution in [3.8, 4) is 11.5 Å². The predicted molar refractivity (Wildman–Crippen MR) is 101 cm³/mol. The van der Waals surface area contributed by atoms with E-state index in [1.807, 2.05) is 48.5 Å². The van der Waals surface area contributed by atoms with Gasteiger partial charge in [-0.3, -0.25) is 4.79 Å². The van der Waals surface area contributed by atoms with E-state index in [0.29, 0.717) is 13.2 Å². The van der Waals surface area contributed by atoms with Crippen molar-refractivity contribution in [3.63, 3.8) is 0 Å². The molecule has 0 aliphatic rings. The molecule has 0 heterocycles. The summed E-state index contributed by atoms with van der Waals surface area (Å²) in [6.07, 6.45) is 5.12. The van der Waals surface area contributed by atoms with Gasteiger partial charge in [-0.1, -0.05) is 31.2 Å². The van der Waals surface area contributed by atoms with E-state index in [-0.39, 0.29) is 5.91 Å². The fourth-order valence-electron chi connectivity index (χ4n) is 2.25. The van der Waals surface area contributed by atoms with Gasteiger partial charge in [-0.15, -0.1) is 0 Å². The van der Waals surface area contributed by atoms with Crippen LogP contribution in [-0.4, -0.2) is 26.2 Å². The van der Waals surface area contributed by atoms with E-state index in [9.17, 15) is 4.79 Å². The molecular formula is C21H25NO3. The van der Waals surface area contributed by atoms with Crippen LogP contribution in [-0.2, 0) is 11.2 Å². The molecule has 2 aromatic carbocycles. The molecule has 1 amide bonds. The molecule has 0 radical (unpaired) electrons.